The first-order chi connectivity index (χ1) is 1.91. The molecule has 0 aliphatic carbocycles. The molecule has 0 aromatic carbocycles. The molecule has 6 heavy (non-hydrogen) atoms. The molecule has 35 valence electrons. The van der Waals surface area contributed by atoms with Crippen LogP contribution >= 0.6 is 9.90 Å². The Morgan fingerprint density at radius 3 is 1.17 bits per heavy atom. The molecule has 1 atom stereocenters. The Morgan fingerprint density at radius 1 is 1.00 bits per heavy atom. The van der Waals surface area contributed by atoms with Crippen LogP contribution in [0, 0.1) is 0 Å². The smallest absolute Gasteiger partial charge is 0 e. The van der Waals surface area contributed by atoms with Crippen LogP contribution in [0.4, 0.5) is 0 Å². The Kier molecular flexibility index (Phi) is 42.0. The van der Waals surface area contributed by atoms with E-state index in [1.54, 1.807) is 0 Å². The molecule has 0 aliphatic rings. The van der Waals surface area contributed by atoms with Crippen LogP contribution in [0.2, 0.25) is 0 Å². The maximum atomic E-state index is 2.18. The summed E-state index contributed by atoms with van der Waals surface area (Å²) in [7, 11) is 0. The van der Waals surface area contributed by atoms with Crippen molar-refractivity contribution in [1.82, 2.24) is 0 Å². The van der Waals surface area contributed by atoms with E-state index in [2.05, 4.69) is 13.8 Å². The Bertz CT molecular complexity index is 9.51. The molecule has 0 aromatic rings. The average Bonchev–Trinajstić information content (AvgIpc) is 1.37. The average molecular weight is 115 g/mol. The van der Waals surface area contributed by atoms with Crippen molar-refractivity contribution in [3.8, 4) is 0 Å². The van der Waals surface area contributed by atoms with Crippen LogP contribution in [0.15, 0.2) is 0 Å². The standard InChI is InChI=1S/C4H10.Na.H3P/c1-3-4-2;;/h3-4H2,1-2H3;;1H3. The molecule has 2 heteroatoms. The molecule has 1 radical (unpaired) electrons. The summed E-state index contributed by atoms with van der Waals surface area (Å²) < 4.78 is 0. The molecule has 0 fully saturated rings. The van der Waals surface area contributed by atoms with Crippen molar-refractivity contribution in [3.63, 3.8) is 0 Å². The molecule has 0 N–H and O–H groups in total. The summed E-state index contributed by atoms with van der Waals surface area (Å²) in [5.74, 6) is 0. The van der Waals surface area contributed by atoms with E-state index >= 15 is 0 Å². The van der Waals surface area contributed by atoms with Crippen LogP contribution in [0.25, 0.3) is 0 Å². The molecule has 0 bridgehead atoms. The van der Waals surface area contributed by atoms with Gasteiger partial charge in [0.15, 0.2) is 0 Å². The summed E-state index contributed by atoms with van der Waals surface area (Å²) in [6.45, 7) is 4.36. The SMILES string of the molecule is CCCC.P.[Na]. The number of hydrogen-bond donors (Lipinski definition) is 0. The van der Waals surface area contributed by atoms with E-state index in [-0.39, 0.29) is 39.5 Å². The van der Waals surface area contributed by atoms with Crippen LogP contribution in [0.1, 0.15) is 26.7 Å². The first-order valence-corrected chi connectivity index (χ1v) is 1.91. The summed E-state index contributed by atoms with van der Waals surface area (Å²) in [4.78, 5) is 0. The second kappa shape index (κ2) is 16.1. The van der Waals surface area contributed by atoms with Gasteiger partial charge in [0.1, 0.15) is 0 Å². The van der Waals surface area contributed by atoms with Crippen LogP contribution in [0.5, 0.6) is 0 Å². The molecule has 0 amide bonds. The molecule has 0 aromatic heterocycles. The minimum Gasteiger partial charge on any atom is -0.153 e. The zero-order valence-corrected chi connectivity index (χ0v) is 8.54. The molecular weight excluding hydrogens is 102 g/mol. The third-order valence-corrected chi connectivity index (χ3v) is 0.500. The van der Waals surface area contributed by atoms with Gasteiger partial charge in [0.2, 0.25) is 0 Å². The molecule has 0 saturated heterocycles. The zero-order valence-electron chi connectivity index (χ0n) is 5.12. The van der Waals surface area contributed by atoms with Crippen LogP contribution in [-0.2, 0) is 0 Å². The van der Waals surface area contributed by atoms with Gasteiger partial charge in [-0.1, -0.05) is 26.7 Å². The Hall–Kier alpha value is 1.43. The van der Waals surface area contributed by atoms with E-state index in [1.807, 2.05) is 0 Å². The fourth-order valence-corrected chi connectivity index (χ4v) is 0. The van der Waals surface area contributed by atoms with E-state index < -0.39 is 0 Å². The number of rotatable bonds is 1. The largest absolute Gasteiger partial charge is 0.153 e. The maximum absolute atomic E-state index is 2.18. The Labute approximate surface area is 66.0 Å². The summed E-state index contributed by atoms with van der Waals surface area (Å²) in [5, 5.41) is 0. The van der Waals surface area contributed by atoms with Gasteiger partial charge in [-0.25, -0.2) is 0 Å². The Morgan fingerprint density at radius 2 is 1.17 bits per heavy atom. The van der Waals surface area contributed by atoms with Gasteiger partial charge in [0.25, 0.3) is 0 Å². The fourth-order valence-electron chi connectivity index (χ4n) is 0. The van der Waals surface area contributed by atoms with Gasteiger partial charge in [-0.2, -0.15) is 9.90 Å². The first kappa shape index (κ1) is 15.7. The van der Waals surface area contributed by atoms with Gasteiger partial charge in [0, 0.05) is 29.6 Å². The van der Waals surface area contributed by atoms with Gasteiger partial charge in [0.05, 0.1) is 0 Å². The predicted molar refractivity (Wildman–Crippen MR) is 37.4 cm³/mol. The summed E-state index contributed by atoms with van der Waals surface area (Å²) in [5.41, 5.74) is 0. The van der Waals surface area contributed by atoms with Gasteiger partial charge in [-0.3, -0.25) is 0 Å². The van der Waals surface area contributed by atoms with E-state index in [0.29, 0.717) is 0 Å². The second-order valence-electron chi connectivity index (χ2n) is 1.000. The fraction of sp³-hybridized carbons (Fsp3) is 1.00. The Balaban J connectivity index is -0.0000000450. The van der Waals surface area contributed by atoms with Crippen molar-refractivity contribution in [2.75, 3.05) is 0 Å². The predicted octanol–water partition coefficient (Wildman–Crippen LogP) is 1.48. The van der Waals surface area contributed by atoms with E-state index in [9.17, 15) is 0 Å². The van der Waals surface area contributed by atoms with Gasteiger partial charge in [-0.05, 0) is 0 Å². The molecule has 0 spiro atoms. The zero-order chi connectivity index (χ0) is 3.41. The normalized spacial score (nSPS) is 5.00. The van der Waals surface area contributed by atoms with Crippen molar-refractivity contribution in [3.05, 3.63) is 0 Å². The molecule has 0 rings (SSSR count). The summed E-state index contributed by atoms with van der Waals surface area (Å²) in [6, 6.07) is 0. The van der Waals surface area contributed by atoms with Gasteiger partial charge >= 0.3 is 0 Å². The van der Waals surface area contributed by atoms with Gasteiger partial charge in [-0.15, -0.1) is 0 Å². The second-order valence-corrected chi connectivity index (χ2v) is 1.000. The molecule has 0 aliphatic heterocycles. The van der Waals surface area contributed by atoms with E-state index in [4.69, 9.17) is 0 Å². The number of hydrogen-bond acceptors (Lipinski definition) is 0. The molecule has 0 nitrogen and oxygen atoms in total. The quantitative estimate of drug-likeness (QED) is 0.358. The minimum atomic E-state index is 0. The third-order valence-electron chi connectivity index (χ3n) is 0.500. The van der Waals surface area contributed by atoms with Crippen molar-refractivity contribution in [2.45, 2.75) is 26.7 Å². The third kappa shape index (κ3) is 18.0. The van der Waals surface area contributed by atoms with Crippen molar-refractivity contribution >= 4 is 39.5 Å². The monoisotopic (exact) mass is 115 g/mol. The minimum absolute atomic E-state index is 0. The summed E-state index contributed by atoms with van der Waals surface area (Å²) >= 11 is 0. The van der Waals surface area contributed by atoms with Gasteiger partial charge < -0.3 is 0 Å². The molecule has 1 unspecified atom stereocenters. The first-order valence-electron chi connectivity index (χ1n) is 1.91. The van der Waals surface area contributed by atoms with Crippen LogP contribution < -0.4 is 0 Å². The molecular formula is C4H13NaP. The number of unbranched alkanes of at least 4 members (excludes halogenated alkanes) is 1. The van der Waals surface area contributed by atoms with Crippen LogP contribution in [0.3, 0.4) is 0 Å². The molecule has 0 heterocycles. The van der Waals surface area contributed by atoms with E-state index in [1.165, 1.54) is 12.8 Å². The van der Waals surface area contributed by atoms with Crippen molar-refractivity contribution < 1.29 is 0 Å². The van der Waals surface area contributed by atoms with E-state index in [0.717, 1.165) is 0 Å². The van der Waals surface area contributed by atoms with Crippen molar-refractivity contribution in [1.29, 1.82) is 0 Å². The van der Waals surface area contributed by atoms with Crippen molar-refractivity contribution in [2.24, 2.45) is 0 Å². The summed E-state index contributed by atoms with van der Waals surface area (Å²) in [6.07, 6.45) is 2.64. The molecule has 0 saturated carbocycles. The van der Waals surface area contributed by atoms with Crippen LogP contribution in [-0.4, -0.2) is 29.6 Å². The maximum Gasteiger partial charge on any atom is 0 e. The topological polar surface area (TPSA) is 0 Å².